The van der Waals surface area contributed by atoms with Crippen molar-refractivity contribution in [2.45, 2.75) is 40.5 Å². The number of hydrogen-bond donors (Lipinski definition) is 1. The summed E-state index contributed by atoms with van der Waals surface area (Å²) in [6.45, 7) is 8.22. The highest BCUT2D eigenvalue weighted by molar-refractivity contribution is 7.15. The average molecular weight is 228 g/mol. The van der Waals surface area contributed by atoms with Crippen molar-refractivity contribution in [1.29, 1.82) is 0 Å². The fourth-order valence-electron chi connectivity index (χ4n) is 0.639. The number of carbonyl (C=O) groups is 1. The Labute approximate surface area is 95.9 Å². The molecule has 1 aliphatic rings. The molecule has 1 heterocycles. The van der Waals surface area contributed by atoms with E-state index >= 15 is 0 Å². The number of aromatic nitrogens is 1. The highest BCUT2D eigenvalue weighted by Crippen LogP contribution is 2.26. The van der Waals surface area contributed by atoms with E-state index in [4.69, 9.17) is 0 Å². The van der Waals surface area contributed by atoms with Crippen molar-refractivity contribution in [2.24, 2.45) is 5.92 Å². The molecule has 0 saturated heterocycles. The predicted octanol–water partition coefficient (Wildman–Crippen LogP) is 3.46. The minimum atomic E-state index is 0.623. The summed E-state index contributed by atoms with van der Waals surface area (Å²) in [5.74, 6) is 1.08. The van der Waals surface area contributed by atoms with E-state index in [-0.39, 0.29) is 0 Å². The SMILES string of the molecule is CC.CC1CC1.Cc1cnc(NC=O)s1. The summed E-state index contributed by atoms with van der Waals surface area (Å²) in [6.07, 6.45) is 5.31. The maximum atomic E-state index is 9.84. The summed E-state index contributed by atoms with van der Waals surface area (Å²) < 4.78 is 0. The lowest BCUT2D eigenvalue weighted by molar-refractivity contribution is -0.105. The lowest BCUT2D eigenvalue weighted by atomic mass is 10.5. The first kappa shape index (κ1) is 14.1. The monoisotopic (exact) mass is 228 g/mol. The summed E-state index contributed by atoms with van der Waals surface area (Å²) in [6, 6.07) is 0. The molecule has 4 heteroatoms. The van der Waals surface area contributed by atoms with Gasteiger partial charge < -0.3 is 5.32 Å². The van der Waals surface area contributed by atoms with Gasteiger partial charge in [-0.05, 0) is 12.8 Å². The lowest BCUT2D eigenvalue weighted by Crippen LogP contribution is -1.90. The van der Waals surface area contributed by atoms with Crippen molar-refractivity contribution in [2.75, 3.05) is 5.32 Å². The molecule has 1 aromatic rings. The zero-order chi connectivity index (χ0) is 11.7. The first-order valence-electron chi connectivity index (χ1n) is 5.35. The van der Waals surface area contributed by atoms with E-state index in [9.17, 15) is 4.79 Å². The number of hydrogen-bond acceptors (Lipinski definition) is 3. The van der Waals surface area contributed by atoms with Gasteiger partial charge in [-0.3, -0.25) is 4.79 Å². The van der Waals surface area contributed by atoms with Gasteiger partial charge in [0.1, 0.15) is 0 Å². The second-order valence-corrected chi connectivity index (χ2v) is 4.46. The molecule has 2 rings (SSSR count). The van der Waals surface area contributed by atoms with Crippen LogP contribution in [0.25, 0.3) is 0 Å². The number of anilines is 1. The molecule has 1 aromatic heterocycles. The molecule has 0 radical (unpaired) electrons. The predicted molar refractivity (Wildman–Crippen MR) is 66.3 cm³/mol. The van der Waals surface area contributed by atoms with Gasteiger partial charge in [0.15, 0.2) is 5.13 Å². The Morgan fingerprint density at radius 2 is 2.07 bits per heavy atom. The summed E-state index contributed by atoms with van der Waals surface area (Å²) in [5.41, 5.74) is 0. The van der Waals surface area contributed by atoms with Crippen LogP contribution in [0.2, 0.25) is 0 Å². The molecule has 86 valence electrons. The van der Waals surface area contributed by atoms with Crippen molar-refractivity contribution in [1.82, 2.24) is 4.98 Å². The van der Waals surface area contributed by atoms with Crippen molar-refractivity contribution in [3.8, 4) is 0 Å². The van der Waals surface area contributed by atoms with Crippen LogP contribution >= 0.6 is 11.3 Å². The van der Waals surface area contributed by atoms with Crippen LogP contribution in [0, 0.1) is 12.8 Å². The second-order valence-electron chi connectivity index (χ2n) is 3.22. The Bertz CT molecular complexity index is 269. The van der Waals surface area contributed by atoms with E-state index < -0.39 is 0 Å². The minimum absolute atomic E-state index is 0.623. The van der Waals surface area contributed by atoms with E-state index in [1.807, 2.05) is 20.8 Å². The van der Waals surface area contributed by atoms with Crippen LogP contribution in [0.15, 0.2) is 6.20 Å². The van der Waals surface area contributed by atoms with E-state index in [0.717, 1.165) is 10.8 Å². The van der Waals surface area contributed by atoms with E-state index in [0.29, 0.717) is 11.5 Å². The van der Waals surface area contributed by atoms with E-state index in [2.05, 4.69) is 17.2 Å². The summed E-state index contributed by atoms with van der Waals surface area (Å²) in [7, 11) is 0. The quantitative estimate of drug-likeness (QED) is 0.788. The smallest absolute Gasteiger partial charge is 0.213 e. The normalized spacial score (nSPS) is 12.8. The van der Waals surface area contributed by atoms with Crippen LogP contribution in [-0.2, 0) is 4.79 Å². The van der Waals surface area contributed by atoms with Crippen LogP contribution in [-0.4, -0.2) is 11.4 Å². The van der Waals surface area contributed by atoms with Crippen molar-refractivity contribution < 1.29 is 4.79 Å². The standard InChI is InChI=1S/C5H6N2OS.C4H8.C2H6/c1-4-2-6-5(9-4)7-3-8;1-4-2-3-4;1-2/h2-3H,1H3,(H,6,7,8);4H,2-3H2,1H3;1-2H3. The van der Waals surface area contributed by atoms with Crippen LogP contribution < -0.4 is 5.32 Å². The highest BCUT2D eigenvalue weighted by atomic mass is 32.1. The van der Waals surface area contributed by atoms with Gasteiger partial charge >= 0.3 is 0 Å². The van der Waals surface area contributed by atoms with Gasteiger partial charge in [0.05, 0.1) is 0 Å². The Morgan fingerprint density at radius 3 is 2.33 bits per heavy atom. The number of nitrogens with one attached hydrogen (secondary N) is 1. The molecule has 0 aliphatic heterocycles. The summed E-state index contributed by atoms with van der Waals surface area (Å²) >= 11 is 1.46. The maximum Gasteiger partial charge on any atom is 0.213 e. The number of thiazole rings is 1. The Morgan fingerprint density at radius 1 is 1.53 bits per heavy atom. The lowest BCUT2D eigenvalue weighted by Gasteiger charge is -1.83. The van der Waals surface area contributed by atoms with E-state index in [1.165, 1.54) is 24.2 Å². The molecule has 0 bridgehead atoms. The molecule has 1 amide bonds. The molecule has 1 saturated carbocycles. The average Bonchev–Trinajstić information content (AvgIpc) is 2.91. The van der Waals surface area contributed by atoms with Crippen LogP contribution in [0.4, 0.5) is 5.13 Å². The van der Waals surface area contributed by atoms with Gasteiger partial charge in [0.25, 0.3) is 0 Å². The maximum absolute atomic E-state index is 9.84. The molecule has 1 N–H and O–H groups in total. The fourth-order valence-corrected chi connectivity index (χ4v) is 1.26. The Hall–Kier alpha value is -0.900. The van der Waals surface area contributed by atoms with Crippen LogP contribution in [0.1, 0.15) is 38.5 Å². The van der Waals surface area contributed by atoms with Gasteiger partial charge in [-0.2, -0.15) is 0 Å². The topological polar surface area (TPSA) is 42.0 Å². The highest BCUT2D eigenvalue weighted by Gasteiger charge is 2.12. The Kier molecular flexibility index (Phi) is 7.91. The summed E-state index contributed by atoms with van der Waals surface area (Å²) in [5, 5.41) is 3.11. The molecule has 0 aromatic carbocycles. The molecule has 0 atom stereocenters. The van der Waals surface area contributed by atoms with Crippen LogP contribution in [0.3, 0.4) is 0 Å². The largest absolute Gasteiger partial charge is 0.305 e. The van der Waals surface area contributed by atoms with Gasteiger partial charge in [0.2, 0.25) is 6.41 Å². The third-order valence-corrected chi connectivity index (χ3v) is 2.51. The number of amides is 1. The second kappa shape index (κ2) is 8.41. The van der Waals surface area contributed by atoms with E-state index in [1.54, 1.807) is 6.20 Å². The zero-order valence-electron chi connectivity index (χ0n) is 9.91. The molecule has 1 fully saturated rings. The molecule has 15 heavy (non-hydrogen) atoms. The van der Waals surface area contributed by atoms with Crippen molar-refractivity contribution in [3.05, 3.63) is 11.1 Å². The first-order chi connectivity index (χ1) is 7.22. The number of carbonyl (C=O) groups excluding carboxylic acids is 1. The number of aryl methyl sites for hydroxylation is 1. The molecule has 0 spiro atoms. The third kappa shape index (κ3) is 8.12. The van der Waals surface area contributed by atoms with Gasteiger partial charge in [-0.1, -0.05) is 33.6 Å². The van der Waals surface area contributed by atoms with Gasteiger partial charge in [-0.15, -0.1) is 11.3 Å². The molecular weight excluding hydrogens is 208 g/mol. The summed E-state index contributed by atoms with van der Waals surface area (Å²) in [4.78, 5) is 14.8. The fraction of sp³-hybridized carbons (Fsp3) is 0.636. The zero-order valence-corrected chi connectivity index (χ0v) is 10.7. The van der Waals surface area contributed by atoms with Gasteiger partial charge in [-0.25, -0.2) is 4.98 Å². The number of nitrogens with zero attached hydrogens (tertiary/aromatic N) is 1. The molecule has 3 nitrogen and oxygen atoms in total. The first-order valence-corrected chi connectivity index (χ1v) is 6.16. The third-order valence-electron chi connectivity index (χ3n) is 1.67. The molecular formula is C11H20N2OS. The Balaban J connectivity index is 0.000000272. The van der Waals surface area contributed by atoms with Gasteiger partial charge in [0, 0.05) is 11.1 Å². The molecule has 0 unspecified atom stereocenters. The van der Waals surface area contributed by atoms with Crippen molar-refractivity contribution in [3.63, 3.8) is 0 Å². The molecule has 1 aliphatic carbocycles. The van der Waals surface area contributed by atoms with Crippen molar-refractivity contribution >= 4 is 22.9 Å². The minimum Gasteiger partial charge on any atom is -0.305 e. The number of rotatable bonds is 2. The van der Waals surface area contributed by atoms with Crippen LogP contribution in [0.5, 0.6) is 0 Å².